The molecule has 9 heteroatoms. The predicted octanol–water partition coefficient (Wildman–Crippen LogP) is 0.421. The number of phenolic OH excluding ortho intramolecular Hbond substituents is 1. The maximum Gasteiger partial charge on any atom is 0.250 e. The zero-order valence-corrected chi connectivity index (χ0v) is 15.8. The van der Waals surface area contributed by atoms with Gasteiger partial charge in [0, 0.05) is 6.54 Å². The number of hydrogen-bond acceptors (Lipinski definition) is 5. The van der Waals surface area contributed by atoms with E-state index in [1.54, 1.807) is 42.5 Å². The van der Waals surface area contributed by atoms with Crippen LogP contribution in [0, 0.1) is 0 Å². The second-order valence-electron chi connectivity index (χ2n) is 6.06. The molecule has 0 saturated heterocycles. The average molecular weight is 400 g/mol. The van der Waals surface area contributed by atoms with Crippen LogP contribution in [0.3, 0.4) is 0 Å². The van der Waals surface area contributed by atoms with Crippen molar-refractivity contribution >= 4 is 17.7 Å². The fourth-order valence-corrected chi connectivity index (χ4v) is 2.51. The lowest BCUT2D eigenvalue weighted by Crippen LogP contribution is -2.44. The number of ether oxygens (including phenoxy) is 1. The molecule has 1 radical (unpaired) electrons. The monoisotopic (exact) mass is 400 g/mol. The Balaban J connectivity index is 1.91. The van der Waals surface area contributed by atoms with Gasteiger partial charge in [-0.25, -0.2) is 5.11 Å². The molecule has 0 aliphatic carbocycles. The number of phenols is 1. The molecule has 0 aliphatic heterocycles. The van der Waals surface area contributed by atoms with Gasteiger partial charge in [0.2, 0.25) is 17.7 Å². The van der Waals surface area contributed by atoms with Crippen molar-refractivity contribution in [2.45, 2.75) is 12.6 Å². The second kappa shape index (κ2) is 10.7. The van der Waals surface area contributed by atoms with Gasteiger partial charge in [-0.2, -0.15) is 0 Å². The number of benzene rings is 2. The van der Waals surface area contributed by atoms with Crippen molar-refractivity contribution in [1.29, 1.82) is 0 Å². The van der Waals surface area contributed by atoms with Crippen molar-refractivity contribution in [2.75, 3.05) is 20.3 Å². The molecule has 0 spiro atoms. The van der Waals surface area contributed by atoms with E-state index in [9.17, 15) is 24.6 Å². The van der Waals surface area contributed by atoms with Gasteiger partial charge in [0.25, 0.3) is 0 Å². The molecule has 0 fully saturated rings. The molecule has 0 unspecified atom stereocenters. The third kappa shape index (κ3) is 6.51. The Morgan fingerprint density at radius 3 is 2.41 bits per heavy atom. The fraction of sp³-hybridized carbons (Fsp3) is 0.250. The average Bonchev–Trinajstić information content (AvgIpc) is 2.75. The lowest BCUT2D eigenvalue weighted by molar-refractivity contribution is -0.132. The number of hydrogen-bond donors (Lipinski definition) is 4. The molecule has 0 bridgehead atoms. The van der Waals surface area contributed by atoms with E-state index in [2.05, 4.69) is 16.0 Å². The zero-order valence-electron chi connectivity index (χ0n) is 15.8. The smallest absolute Gasteiger partial charge is 0.250 e. The minimum atomic E-state index is -1.08. The molecule has 1 atom stereocenters. The van der Waals surface area contributed by atoms with Gasteiger partial charge in [-0.1, -0.05) is 36.4 Å². The fourth-order valence-electron chi connectivity index (χ4n) is 2.51. The standard InChI is InChI=1S/C20H22N3O6/c1-29-16-9-13(7-8-15(16)25)10-21-17(26)11-22-20(28)19(23-18(27)12-24)14-5-3-2-4-6-14/h2-9,19,25H,10-12H2,1H3,(H,21,26)(H,22,28)(H,23,27)/t19-/m1/s1. The summed E-state index contributed by atoms with van der Waals surface area (Å²) in [7, 11) is 1.42. The molecular formula is C20H22N3O6. The Kier molecular flexibility index (Phi) is 7.99. The molecule has 0 saturated carbocycles. The minimum Gasteiger partial charge on any atom is -0.504 e. The number of carbonyl (C=O) groups is 3. The highest BCUT2D eigenvalue weighted by Crippen LogP contribution is 2.26. The quantitative estimate of drug-likeness (QED) is 0.484. The van der Waals surface area contributed by atoms with Crippen LogP contribution < -0.4 is 20.7 Å². The van der Waals surface area contributed by atoms with E-state index >= 15 is 0 Å². The summed E-state index contributed by atoms with van der Waals surface area (Å²) in [6.07, 6.45) is 0. The number of aromatic hydroxyl groups is 1. The topological polar surface area (TPSA) is 137 Å². The lowest BCUT2D eigenvalue weighted by atomic mass is 10.1. The Morgan fingerprint density at radius 1 is 1.03 bits per heavy atom. The van der Waals surface area contributed by atoms with E-state index in [-0.39, 0.29) is 24.6 Å². The van der Waals surface area contributed by atoms with Crippen LogP contribution in [0.1, 0.15) is 17.2 Å². The minimum absolute atomic E-state index is 0.0121. The molecule has 2 rings (SSSR count). The molecule has 3 amide bonds. The SMILES string of the molecule is COc1cc(CNC(=O)CNC(=O)[C@H](NC(=O)C[O])c2ccccc2)ccc1O. The number of amides is 3. The van der Waals surface area contributed by atoms with Gasteiger partial charge in [-0.05, 0) is 23.3 Å². The normalized spacial score (nSPS) is 11.2. The summed E-state index contributed by atoms with van der Waals surface area (Å²) in [5.41, 5.74) is 1.19. The predicted molar refractivity (Wildman–Crippen MR) is 102 cm³/mol. The van der Waals surface area contributed by atoms with Gasteiger partial charge in [0.1, 0.15) is 6.04 Å². The van der Waals surface area contributed by atoms with Crippen molar-refractivity contribution in [2.24, 2.45) is 0 Å². The first-order chi connectivity index (χ1) is 13.9. The van der Waals surface area contributed by atoms with E-state index in [0.29, 0.717) is 11.1 Å². The summed E-state index contributed by atoms with van der Waals surface area (Å²) in [6.45, 7) is -1.15. The number of rotatable bonds is 9. The Hall–Kier alpha value is -3.59. The Labute approximate surface area is 167 Å². The van der Waals surface area contributed by atoms with Crippen LogP contribution in [0.2, 0.25) is 0 Å². The van der Waals surface area contributed by atoms with Gasteiger partial charge in [-0.15, -0.1) is 0 Å². The molecule has 153 valence electrons. The molecule has 0 heterocycles. The molecule has 0 aromatic heterocycles. The first kappa shape index (κ1) is 21.7. The summed E-state index contributed by atoms with van der Waals surface area (Å²) < 4.78 is 5.00. The summed E-state index contributed by atoms with van der Waals surface area (Å²) >= 11 is 0. The molecule has 9 nitrogen and oxygen atoms in total. The number of carbonyl (C=O) groups excluding carboxylic acids is 3. The largest absolute Gasteiger partial charge is 0.504 e. The van der Waals surface area contributed by atoms with Gasteiger partial charge < -0.3 is 25.8 Å². The first-order valence-electron chi connectivity index (χ1n) is 8.77. The molecule has 2 aromatic carbocycles. The van der Waals surface area contributed by atoms with Crippen LogP contribution in [0.5, 0.6) is 11.5 Å². The maximum atomic E-state index is 12.4. The van der Waals surface area contributed by atoms with Crippen LogP contribution >= 0.6 is 0 Å². The van der Waals surface area contributed by atoms with E-state index < -0.39 is 30.4 Å². The highest BCUT2D eigenvalue weighted by molar-refractivity contribution is 5.91. The van der Waals surface area contributed by atoms with E-state index in [0.717, 1.165) is 0 Å². The van der Waals surface area contributed by atoms with Crippen LogP contribution in [0.4, 0.5) is 0 Å². The second-order valence-corrected chi connectivity index (χ2v) is 6.06. The Morgan fingerprint density at radius 2 is 1.76 bits per heavy atom. The van der Waals surface area contributed by atoms with Gasteiger partial charge >= 0.3 is 0 Å². The summed E-state index contributed by atoms with van der Waals surface area (Å²) in [4.78, 5) is 35.9. The number of nitrogens with one attached hydrogen (secondary N) is 3. The molecule has 2 aromatic rings. The zero-order chi connectivity index (χ0) is 21.2. The lowest BCUT2D eigenvalue weighted by Gasteiger charge is -2.18. The summed E-state index contributed by atoms with van der Waals surface area (Å²) in [6, 6.07) is 12.0. The molecule has 29 heavy (non-hydrogen) atoms. The first-order valence-corrected chi connectivity index (χ1v) is 8.77. The molecular weight excluding hydrogens is 378 g/mol. The molecule has 4 N–H and O–H groups in total. The van der Waals surface area contributed by atoms with Crippen molar-refractivity contribution in [3.63, 3.8) is 0 Å². The van der Waals surface area contributed by atoms with Crippen molar-refractivity contribution in [1.82, 2.24) is 16.0 Å². The van der Waals surface area contributed by atoms with Crippen LogP contribution in [0.15, 0.2) is 48.5 Å². The van der Waals surface area contributed by atoms with E-state index in [4.69, 9.17) is 4.74 Å². The van der Waals surface area contributed by atoms with Gasteiger partial charge in [0.15, 0.2) is 18.1 Å². The van der Waals surface area contributed by atoms with E-state index in [1.165, 1.54) is 13.2 Å². The molecule has 0 aliphatic rings. The van der Waals surface area contributed by atoms with E-state index in [1.807, 2.05) is 0 Å². The van der Waals surface area contributed by atoms with Crippen molar-refractivity contribution in [3.05, 3.63) is 59.7 Å². The van der Waals surface area contributed by atoms with Crippen molar-refractivity contribution < 1.29 is 29.3 Å². The van der Waals surface area contributed by atoms with Crippen LogP contribution in [0.25, 0.3) is 0 Å². The van der Waals surface area contributed by atoms with Gasteiger partial charge in [-0.3, -0.25) is 14.4 Å². The highest BCUT2D eigenvalue weighted by atomic mass is 16.5. The summed E-state index contributed by atoms with van der Waals surface area (Å²) in [5.74, 6) is -1.61. The highest BCUT2D eigenvalue weighted by Gasteiger charge is 2.22. The third-order valence-electron chi connectivity index (χ3n) is 3.99. The van der Waals surface area contributed by atoms with Crippen LogP contribution in [-0.2, 0) is 26.0 Å². The maximum absolute atomic E-state index is 12.4. The number of methoxy groups -OCH3 is 1. The van der Waals surface area contributed by atoms with Crippen LogP contribution in [-0.4, -0.2) is 43.1 Å². The summed E-state index contributed by atoms with van der Waals surface area (Å²) in [5, 5.41) is 27.7. The third-order valence-corrected chi connectivity index (χ3v) is 3.99. The Bertz CT molecular complexity index is 857. The van der Waals surface area contributed by atoms with Crippen molar-refractivity contribution in [3.8, 4) is 11.5 Å². The van der Waals surface area contributed by atoms with Gasteiger partial charge in [0.05, 0.1) is 13.7 Å².